The van der Waals surface area contributed by atoms with Crippen LogP contribution >= 0.6 is 7.82 Å². The zero-order valence-electron chi connectivity index (χ0n) is 9.45. The standard InChI is InChI=1S/C6H13O9P.3H2O/c7-1-3(8)5(10)6(11)4(9)2-15-16(12,13)14;;;/h1,3-6,8-11H,2H2,(H2,12,13,14);3*1H2/t3-,4+,5+,6+;;;/m0.../s1. The van der Waals surface area contributed by atoms with Crippen molar-refractivity contribution in [2.75, 3.05) is 6.61 Å². The molecule has 0 amide bonds. The lowest BCUT2D eigenvalue weighted by molar-refractivity contribution is -0.136. The summed E-state index contributed by atoms with van der Waals surface area (Å²) >= 11 is 0. The molecule has 0 aliphatic carbocycles. The molecule has 12 nitrogen and oxygen atoms in total. The Bertz CT molecular complexity index is 265. The van der Waals surface area contributed by atoms with Crippen molar-refractivity contribution < 1.29 is 60.5 Å². The Hall–Kier alpha value is -0.500. The molecule has 0 aliphatic rings. The van der Waals surface area contributed by atoms with E-state index in [0.29, 0.717) is 0 Å². The topological polar surface area (TPSA) is 259 Å². The second kappa shape index (κ2) is 11.3. The number of hydrogen-bond acceptors (Lipinski definition) is 7. The molecular formula is C6H19O12P. The number of carbonyl (C=O) groups excluding carboxylic acids is 1. The second-order valence-electron chi connectivity index (χ2n) is 2.96. The maximum atomic E-state index is 10.2. The molecule has 0 fully saturated rings. The number of aliphatic hydroxyl groups is 4. The fourth-order valence-electron chi connectivity index (χ4n) is 0.782. The van der Waals surface area contributed by atoms with E-state index in [0.717, 1.165) is 0 Å². The SMILES string of the molecule is O.O.O.O=C[C@H](O)[C@@H](O)[C@H](O)[C@H](O)COP(=O)(O)O. The van der Waals surface area contributed by atoms with E-state index in [-0.39, 0.29) is 22.7 Å². The lowest BCUT2D eigenvalue weighted by Gasteiger charge is -2.23. The van der Waals surface area contributed by atoms with Crippen molar-refractivity contribution in [2.45, 2.75) is 24.4 Å². The van der Waals surface area contributed by atoms with Gasteiger partial charge in [0.15, 0.2) is 6.29 Å². The van der Waals surface area contributed by atoms with Crippen LogP contribution in [-0.4, -0.2) is 84.0 Å². The molecule has 0 heterocycles. The first-order valence-electron chi connectivity index (χ1n) is 4.06. The summed E-state index contributed by atoms with van der Waals surface area (Å²) in [6, 6.07) is 0. The van der Waals surface area contributed by atoms with Crippen LogP contribution in [0.5, 0.6) is 0 Å². The van der Waals surface area contributed by atoms with Gasteiger partial charge in [-0.2, -0.15) is 0 Å². The highest BCUT2D eigenvalue weighted by atomic mass is 31.2. The van der Waals surface area contributed by atoms with Crippen molar-refractivity contribution in [1.29, 1.82) is 0 Å². The molecular weight excluding hydrogens is 295 g/mol. The number of phosphoric acid groups is 1. The van der Waals surface area contributed by atoms with E-state index in [9.17, 15) is 9.36 Å². The molecule has 12 N–H and O–H groups in total. The number of rotatable bonds is 7. The number of aliphatic hydroxyl groups excluding tert-OH is 4. The van der Waals surface area contributed by atoms with Gasteiger partial charge in [0.1, 0.15) is 24.4 Å². The van der Waals surface area contributed by atoms with Crippen molar-refractivity contribution in [2.24, 2.45) is 0 Å². The molecule has 0 aliphatic heterocycles. The highest BCUT2D eigenvalue weighted by molar-refractivity contribution is 7.46. The first kappa shape index (κ1) is 26.9. The largest absolute Gasteiger partial charge is 0.469 e. The normalized spacial score (nSPS) is 16.7. The predicted molar refractivity (Wildman–Crippen MR) is 58.9 cm³/mol. The second-order valence-corrected chi connectivity index (χ2v) is 4.20. The van der Waals surface area contributed by atoms with Crippen LogP contribution in [0, 0.1) is 0 Å². The molecule has 120 valence electrons. The molecule has 0 bridgehead atoms. The Labute approximate surface area is 107 Å². The van der Waals surface area contributed by atoms with Crippen LogP contribution in [0.3, 0.4) is 0 Å². The smallest absolute Gasteiger partial charge is 0.412 e. The summed E-state index contributed by atoms with van der Waals surface area (Å²) in [6.45, 7) is -0.964. The Morgan fingerprint density at radius 1 is 1.00 bits per heavy atom. The fraction of sp³-hybridized carbons (Fsp3) is 0.833. The Balaban J connectivity index is -0.000000375. The number of aldehydes is 1. The molecule has 0 aromatic rings. The molecule has 13 heteroatoms. The molecule has 0 aromatic heterocycles. The van der Waals surface area contributed by atoms with Crippen LogP contribution < -0.4 is 0 Å². The zero-order chi connectivity index (χ0) is 12.9. The minimum absolute atomic E-state index is 0. The summed E-state index contributed by atoms with van der Waals surface area (Å²) in [6.07, 6.45) is -7.80. The number of hydrogen-bond donors (Lipinski definition) is 6. The van der Waals surface area contributed by atoms with Crippen molar-refractivity contribution in [3.05, 3.63) is 0 Å². The summed E-state index contributed by atoms with van der Waals surface area (Å²) in [4.78, 5) is 26.6. The third-order valence-corrected chi connectivity index (χ3v) is 2.13. The minimum atomic E-state index is -4.80. The number of phosphoric ester groups is 1. The highest BCUT2D eigenvalue weighted by Crippen LogP contribution is 2.35. The van der Waals surface area contributed by atoms with Gasteiger partial charge in [-0.05, 0) is 0 Å². The van der Waals surface area contributed by atoms with Gasteiger partial charge in [0, 0.05) is 0 Å². The van der Waals surface area contributed by atoms with Crippen LogP contribution in [-0.2, 0) is 13.9 Å². The minimum Gasteiger partial charge on any atom is -0.412 e. The quantitative estimate of drug-likeness (QED) is 0.193. The summed E-state index contributed by atoms with van der Waals surface area (Å²) < 4.78 is 14.1. The van der Waals surface area contributed by atoms with Crippen LogP contribution in [0.1, 0.15) is 0 Å². The molecule has 0 saturated heterocycles. The van der Waals surface area contributed by atoms with Crippen molar-refractivity contribution >= 4 is 14.1 Å². The van der Waals surface area contributed by atoms with Gasteiger partial charge in [-0.25, -0.2) is 4.57 Å². The maximum absolute atomic E-state index is 10.2. The summed E-state index contributed by atoms with van der Waals surface area (Å²) in [5.41, 5.74) is 0. The van der Waals surface area contributed by atoms with Gasteiger partial charge in [0.2, 0.25) is 0 Å². The van der Waals surface area contributed by atoms with E-state index in [1.807, 2.05) is 0 Å². The van der Waals surface area contributed by atoms with Crippen LogP contribution in [0.4, 0.5) is 0 Å². The number of carbonyl (C=O) groups is 1. The van der Waals surface area contributed by atoms with Gasteiger partial charge >= 0.3 is 7.82 Å². The Morgan fingerprint density at radius 3 is 1.74 bits per heavy atom. The molecule has 0 rings (SSSR count). The molecule has 19 heavy (non-hydrogen) atoms. The van der Waals surface area contributed by atoms with Gasteiger partial charge in [0.25, 0.3) is 0 Å². The van der Waals surface area contributed by atoms with E-state index in [4.69, 9.17) is 30.2 Å². The average Bonchev–Trinajstić information content (AvgIpc) is 2.21. The van der Waals surface area contributed by atoms with Crippen molar-refractivity contribution in [1.82, 2.24) is 0 Å². The summed E-state index contributed by atoms with van der Waals surface area (Å²) in [7, 11) is -4.80. The van der Waals surface area contributed by atoms with E-state index in [1.54, 1.807) is 0 Å². The first-order chi connectivity index (χ1) is 7.19. The van der Waals surface area contributed by atoms with Gasteiger partial charge in [-0.1, -0.05) is 0 Å². The Morgan fingerprint density at radius 2 is 1.42 bits per heavy atom. The monoisotopic (exact) mass is 314 g/mol. The van der Waals surface area contributed by atoms with E-state index < -0.39 is 38.8 Å². The third-order valence-electron chi connectivity index (χ3n) is 1.65. The van der Waals surface area contributed by atoms with Crippen LogP contribution in [0.15, 0.2) is 0 Å². The lowest BCUT2D eigenvalue weighted by Crippen LogP contribution is -2.46. The third kappa shape index (κ3) is 11.1. The molecule has 0 radical (unpaired) electrons. The predicted octanol–water partition coefficient (Wildman–Crippen LogP) is -5.74. The highest BCUT2D eigenvalue weighted by Gasteiger charge is 2.31. The molecule has 0 unspecified atom stereocenters. The van der Waals surface area contributed by atoms with Crippen molar-refractivity contribution in [3.63, 3.8) is 0 Å². The van der Waals surface area contributed by atoms with Gasteiger partial charge in [-0.3, -0.25) is 4.52 Å². The first-order valence-corrected chi connectivity index (χ1v) is 5.59. The van der Waals surface area contributed by atoms with Crippen molar-refractivity contribution in [3.8, 4) is 0 Å². The summed E-state index contributed by atoms with van der Waals surface area (Å²) in [5, 5.41) is 36.1. The molecule has 0 spiro atoms. The zero-order valence-corrected chi connectivity index (χ0v) is 10.3. The molecule has 4 atom stereocenters. The van der Waals surface area contributed by atoms with Crippen LogP contribution in [0.2, 0.25) is 0 Å². The van der Waals surface area contributed by atoms with Gasteiger partial charge in [0.05, 0.1) is 6.61 Å². The fourth-order valence-corrected chi connectivity index (χ4v) is 1.13. The molecule has 0 aromatic carbocycles. The maximum Gasteiger partial charge on any atom is 0.469 e. The summed E-state index contributed by atoms with van der Waals surface area (Å²) in [5.74, 6) is 0. The Kier molecular flexibility index (Phi) is 16.1. The average molecular weight is 314 g/mol. The van der Waals surface area contributed by atoms with Crippen LogP contribution in [0.25, 0.3) is 0 Å². The van der Waals surface area contributed by atoms with Gasteiger partial charge < -0.3 is 51.4 Å². The lowest BCUT2D eigenvalue weighted by atomic mass is 10.0. The van der Waals surface area contributed by atoms with E-state index >= 15 is 0 Å². The van der Waals surface area contributed by atoms with Gasteiger partial charge in [-0.15, -0.1) is 0 Å². The molecule has 0 saturated carbocycles. The van der Waals surface area contributed by atoms with E-state index in [2.05, 4.69) is 4.52 Å². The van der Waals surface area contributed by atoms with E-state index in [1.165, 1.54) is 0 Å².